The molecular weight excluding hydrogens is 452 g/mol. The van der Waals surface area contributed by atoms with E-state index in [2.05, 4.69) is 10.6 Å². The van der Waals surface area contributed by atoms with Crippen LogP contribution in [-0.2, 0) is 28.7 Å². The number of ether oxygens (including phenoxy) is 1. The number of hydrogen-bond acceptors (Lipinski definition) is 8. The number of hydrogen-bond donors (Lipinski definition) is 3. The van der Waals surface area contributed by atoms with E-state index in [1.807, 2.05) is 6.92 Å². The molecule has 184 valence electrons. The molecule has 0 radical (unpaired) electrons. The minimum atomic E-state index is -1.05. The van der Waals surface area contributed by atoms with Crippen molar-refractivity contribution in [3.05, 3.63) is 0 Å². The summed E-state index contributed by atoms with van der Waals surface area (Å²) in [5.74, 6) is -3.10. The van der Waals surface area contributed by atoms with Gasteiger partial charge < -0.3 is 30.3 Å². The molecule has 3 aliphatic rings. The van der Waals surface area contributed by atoms with Gasteiger partial charge in [-0.2, -0.15) is 11.8 Å². The second-order valence-electron chi connectivity index (χ2n) is 9.19. The maximum atomic E-state index is 12.9. The third-order valence-electron chi connectivity index (χ3n) is 6.66. The minimum Gasteiger partial charge on any atom is -0.480 e. The highest BCUT2D eigenvalue weighted by Gasteiger charge is 2.65. The minimum absolute atomic E-state index is 0.00950. The lowest BCUT2D eigenvalue weighted by Crippen LogP contribution is -2.68. The van der Waals surface area contributed by atoms with Crippen LogP contribution in [0.5, 0.6) is 0 Å². The van der Waals surface area contributed by atoms with E-state index in [-0.39, 0.29) is 40.3 Å². The topological polar surface area (TPSA) is 145 Å². The summed E-state index contributed by atoms with van der Waals surface area (Å²) in [6.07, 6.45) is 0.599. The Morgan fingerprint density at radius 2 is 2.00 bits per heavy atom. The Bertz CT molecular complexity index is 837. The molecule has 0 saturated carbocycles. The first-order valence-corrected chi connectivity index (χ1v) is 12.0. The zero-order chi connectivity index (χ0) is 24.6. The van der Waals surface area contributed by atoms with Gasteiger partial charge in [0.15, 0.2) is 6.61 Å². The Balaban J connectivity index is 1.67. The maximum Gasteiger partial charge on any atom is 0.327 e. The van der Waals surface area contributed by atoms with Gasteiger partial charge in [-0.3, -0.25) is 19.2 Å². The number of β-lactam (4-membered cyclic amide) rings is 1. The van der Waals surface area contributed by atoms with E-state index < -0.39 is 42.5 Å². The summed E-state index contributed by atoms with van der Waals surface area (Å²) in [7, 11) is 3.40. The van der Waals surface area contributed by atoms with Gasteiger partial charge in [-0.25, -0.2) is 4.79 Å². The van der Waals surface area contributed by atoms with Crippen molar-refractivity contribution in [2.45, 2.75) is 61.9 Å². The molecule has 0 aromatic carbocycles. The fourth-order valence-electron chi connectivity index (χ4n) is 5.15. The smallest absolute Gasteiger partial charge is 0.327 e. The molecule has 3 heterocycles. The summed E-state index contributed by atoms with van der Waals surface area (Å²) in [6, 6.07) is -2.09. The first-order valence-electron chi connectivity index (χ1n) is 11.0. The van der Waals surface area contributed by atoms with E-state index in [0.717, 1.165) is 0 Å². The molecule has 3 N–H and O–H groups in total. The summed E-state index contributed by atoms with van der Waals surface area (Å²) in [5.41, 5.74) is 0. The van der Waals surface area contributed by atoms with Crippen LogP contribution in [-0.4, -0.2) is 106 Å². The zero-order valence-corrected chi connectivity index (χ0v) is 20.3. The van der Waals surface area contributed by atoms with Gasteiger partial charge in [-0.1, -0.05) is 6.92 Å². The molecule has 3 fully saturated rings. The van der Waals surface area contributed by atoms with Gasteiger partial charge in [0.2, 0.25) is 11.8 Å². The quantitative estimate of drug-likeness (QED) is 0.289. The van der Waals surface area contributed by atoms with Crippen molar-refractivity contribution in [3.63, 3.8) is 0 Å². The molecule has 0 bridgehead atoms. The predicted octanol–water partition coefficient (Wildman–Crippen LogP) is -1.10. The van der Waals surface area contributed by atoms with Gasteiger partial charge in [-0.15, -0.1) is 0 Å². The van der Waals surface area contributed by atoms with Crippen LogP contribution in [0.15, 0.2) is 0 Å². The van der Waals surface area contributed by atoms with Gasteiger partial charge >= 0.3 is 11.9 Å². The van der Waals surface area contributed by atoms with Crippen LogP contribution >= 0.6 is 11.8 Å². The van der Waals surface area contributed by atoms with Crippen molar-refractivity contribution < 1.29 is 33.8 Å². The first-order chi connectivity index (χ1) is 15.4. The van der Waals surface area contributed by atoms with Crippen molar-refractivity contribution in [1.82, 2.24) is 20.4 Å². The number of aliphatic carboxylic acids is 1. The lowest BCUT2D eigenvalue weighted by atomic mass is 9.78. The van der Waals surface area contributed by atoms with E-state index >= 15 is 0 Å². The van der Waals surface area contributed by atoms with Crippen molar-refractivity contribution in [2.75, 3.05) is 27.2 Å². The van der Waals surface area contributed by atoms with Crippen LogP contribution in [0.3, 0.4) is 0 Å². The third kappa shape index (κ3) is 4.96. The van der Waals surface area contributed by atoms with Gasteiger partial charge in [0.05, 0.1) is 12.0 Å². The fraction of sp³-hybridized carbons (Fsp3) is 0.762. The van der Waals surface area contributed by atoms with Crippen molar-refractivity contribution in [1.29, 1.82) is 0 Å². The number of amides is 3. The van der Waals surface area contributed by atoms with Gasteiger partial charge in [0, 0.05) is 50.1 Å². The number of carboxylic acids is 1. The van der Waals surface area contributed by atoms with Crippen LogP contribution in [0, 0.1) is 11.8 Å². The Kier molecular flexibility index (Phi) is 7.57. The first kappa shape index (κ1) is 25.3. The lowest BCUT2D eigenvalue weighted by Gasteiger charge is -2.48. The Morgan fingerprint density at radius 3 is 2.58 bits per heavy atom. The highest BCUT2D eigenvalue weighted by atomic mass is 32.2. The summed E-state index contributed by atoms with van der Waals surface area (Å²) >= 11 is 1.53. The van der Waals surface area contributed by atoms with E-state index in [0.29, 0.717) is 13.0 Å². The van der Waals surface area contributed by atoms with Crippen molar-refractivity contribution in [3.8, 4) is 0 Å². The summed E-state index contributed by atoms with van der Waals surface area (Å²) in [5, 5.41) is 15.6. The molecule has 0 aromatic heterocycles. The summed E-state index contributed by atoms with van der Waals surface area (Å²) in [4.78, 5) is 63.2. The number of fused-ring (bicyclic) bond motifs is 1. The number of carbonyl (C=O) groups excluding carboxylic acids is 4. The van der Waals surface area contributed by atoms with E-state index in [9.17, 15) is 29.1 Å². The number of carbonyl (C=O) groups is 5. The molecule has 2 unspecified atom stereocenters. The molecule has 12 heteroatoms. The average Bonchev–Trinajstić information content (AvgIpc) is 3.28. The number of carboxylic acid groups (broad SMARTS) is 1. The van der Waals surface area contributed by atoms with E-state index in [1.165, 1.54) is 28.5 Å². The molecule has 3 rings (SSSR count). The summed E-state index contributed by atoms with van der Waals surface area (Å²) < 4.78 is 4.69. The highest BCUT2D eigenvalue weighted by molar-refractivity contribution is 8.00. The molecule has 0 aromatic rings. The molecule has 11 nitrogen and oxygen atoms in total. The molecule has 0 spiro atoms. The van der Waals surface area contributed by atoms with Gasteiger partial charge in [-0.05, 0) is 19.3 Å². The Labute approximate surface area is 196 Å². The Hall–Kier alpha value is -2.34. The number of likely N-dealkylation sites (N-methyl/N-ethyl adjacent to an activating group) is 1. The van der Waals surface area contributed by atoms with Crippen LogP contribution in [0.2, 0.25) is 0 Å². The van der Waals surface area contributed by atoms with Crippen LogP contribution in [0.4, 0.5) is 0 Å². The molecule has 33 heavy (non-hydrogen) atoms. The third-order valence-corrected chi connectivity index (χ3v) is 8.41. The van der Waals surface area contributed by atoms with E-state index in [1.54, 1.807) is 21.0 Å². The zero-order valence-electron chi connectivity index (χ0n) is 19.4. The number of rotatable bonds is 8. The van der Waals surface area contributed by atoms with Crippen LogP contribution in [0.1, 0.15) is 27.2 Å². The second kappa shape index (κ2) is 9.88. The number of thioether (sulfide) groups is 1. The monoisotopic (exact) mass is 484 g/mol. The van der Waals surface area contributed by atoms with Crippen LogP contribution in [0.25, 0.3) is 0 Å². The molecule has 3 amide bonds. The van der Waals surface area contributed by atoms with Crippen molar-refractivity contribution >= 4 is 41.4 Å². The standard InChI is InChI=1S/C21H32N4O7S/c1-9-16-15(10(2)23-14(27)8-32-11(3)26)20(29)25(16)17(21(30)31)18(9)33-12-6-13(22-7-12)19(28)24(4)5/h9-10,12-13,15-18,22H,6-8H2,1-5H3,(H,23,27)(H,30,31)/t9-,10-,12+,13+,15-,16-,17?,18?/m1/s1. The second-order valence-corrected chi connectivity index (χ2v) is 10.7. The van der Waals surface area contributed by atoms with Crippen LogP contribution < -0.4 is 10.6 Å². The molecular formula is C21H32N4O7S. The van der Waals surface area contributed by atoms with Crippen molar-refractivity contribution in [2.24, 2.45) is 11.8 Å². The maximum absolute atomic E-state index is 12.9. The fourth-order valence-corrected chi connectivity index (χ4v) is 6.89. The van der Waals surface area contributed by atoms with Gasteiger partial charge in [0.25, 0.3) is 5.91 Å². The Morgan fingerprint density at radius 1 is 1.33 bits per heavy atom. The summed E-state index contributed by atoms with van der Waals surface area (Å²) in [6.45, 7) is 5.01. The average molecular weight is 485 g/mol. The lowest BCUT2D eigenvalue weighted by molar-refractivity contribution is -0.166. The number of nitrogens with one attached hydrogen (secondary N) is 2. The normalized spacial score (nSPS) is 33.7. The molecule has 3 saturated heterocycles. The predicted molar refractivity (Wildman–Crippen MR) is 119 cm³/mol. The number of esters is 1. The van der Waals surface area contributed by atoms with E-state index in [4.69, 9.17) is 4.74 Å². The molecule has 0 aliphatic carbocycles. The largest absolute Gasteiger partial charge is 0.480 e. The molecule has 8 atom stereocenters. The SMILES string of the molecule is CC(=O)OCC(=O)N[C@H](C)[C@H]1C(=O)N2C(C(=O)O)C(S[C@@H]3CN[C@H](C(=O)N(C)C)C3)[C@H](C)[C@H]12. The number of nitrogens with zero attached hydrogens (tertiary/aromatic N) is 2. The van der Waals surface area contributed by atoms with Gasteiger partial charge in [0.1, 0.15) is 6.04 Å². The molecule has 3 aliphatic heterocycles. The highest BCUT2D eigenvalue weighted by Crippen LogP contribution is 2.50.